The van der Waals surface area contributed by atoms with Crippen molar-refractivity contribution in [2.75, 3.05) is 5.73 Å². The number of benzene rings is 1. The lowest BCUT2D eigenvalue weighted by Gasteiger charge is -2.00. The molecule has 0 saturated carbocycles. The number of imidazole rings is 1. The molecule has 1 aromatic carbocycles. The molecule has 5 nitrogen and oxygen atoms in total. The monoisotopic (exact) mass is 377 g/mol. The summed E-state index contributed by atoms with van der Waals surface area (Å²) in [6.45, 7) is 3.18. The number of nitrogen functional groups attached to an aromatic ring is 1. The lowest BCUT2D eigenvalue weighted by atomic mass is 10.2. The van der Waals surface area contributed by atoms with Crippen molar-refractivity contribution in [2.45, 2.75) is 32.9 Å². The van der Waals surface area contributed by atoms with Crippen LogP contribution in [0.1, 0.15) is 30.3 Å². The van der Waals surface area contributed by atoms with Crippen LogP contribution in [-0.4, -0.2) is 10.4 Å². The summed E-state index contributed by atoms with van der Waals surface area (Å²) >= 11 is 0. The number of aromatic nitrogens is 2. The highest BCUT2D eigenvalue weighted by atomic mass is 79.9. The molecule has 23 heavy (non-hydrogen) atoms. The van der Waals surface area contributed by atoms with E-state index in [2.05, 4.69) is 11.5 Å². The highest BCUT2D eigenvalue weighted by Gasteiger charge is 2.23. The number of unbranched alkanes of at least 4 members (excludes halogenated alkanes) is 1. The maximum absolute atomic E-state index is 12.3. The lowest BCUT2D eigenvalue weighted by molar-refractivity contribution is -0.642. The zero-order valence-electron chi connectivity index (χ0n) is 13.0. The number of aryl methyl sites for hydroxylation is 1. The van der Waals surface area contributed by atoms with Crippen LogP contribution in [-0.2, 0) is 13.1 Å². The zero-order valence-corrected chi connectivity index (χ0v) is 14.6. The summed E-state index contributed by atoms with van der Waals surface area (Å²) < 4.78 is 9.12. The molecule has 6 heteroatoms. The van der Waals surface area contributed by atoms with Crippen molar-refractivity contribution in [3.8, 4) is 0 Å². The first-order valence-electron chi connectivity index (χ1n) is 7.55. The average molecular weight is 378 g/mol. The highest BCUT2D eigenvalue weighted by molar-refractivity contribution is 5.92. The number of carbonyl (C=O) groups is 1. The minimum Gasteiger partial charge on any atom is -1.00 e. The van der Waals surface area contributed by atoms with Gasteiger partial charge >= 0.3 is 5.95 Å². The van der Waals surface area contributed by atoms with Gasteiger partial charge in [0.25, 0.3) is 0 Å². The van der Waals surface area contributed by atoms with Crippen LogP contribution < -0.4 is 27.3 Å². The Kier molecular flexibility index (Phi) is 5.60. The largest absolute Gasteiger partial charge is 1.00 e. The van der Waals surface area contributed by atoms with Gasteiger partial charge in [0, 0.05) is 0 Å². The molecule has 122 valence electrons. The predicted octanol–water partition coefficient (Wildman–Crippen LogP) is -0.209. The summed E-state index contributed by atoms with van der Waals surface area (Å²) in [7, 11) is 0. The average Bonchev–Trinajstić information content (AvgIpc) is 3.14. The number of carbonyl (C=O) groups excluding carboxylic acids is 1. The van der Waals surface area contributed by atoms with E-state index in [9.17, 15) is 4.79 Å². The summed E-state index contributed by atoms with van der Waals surface area (Å²) in [4.78, 5) is 12.3. The SMILES string of the molecule is CCCCn1c(N)[n+](CC(=O)c2ccco2)c2ccccc21.[Br-]. The Bertz CT molecular complexity index is 794. The second-order valence-corrected chi connectivity index (χ2v) is 5.34. The molecular formula is C17H20BrN3O2. The van der Waals surface area contributed by atoms with E-state index in [0.717, 1.165) is 30.4 Å². The molecule has 0 radical (unpaired) electrons. The molecular weight excluding hydrogens is 358 g/mol. The van der Waals surface area contributed by atoms with Gasteiger partial charge in [-0.15, -0.1) is 0 Å². The van der Waals surface area contributed by atoms with Crippen LogP contribution in [0.3, 0.4) is 0 Å². The molecule has 2 aromatic heterocycles. The Labute approximate surface area is 145 Å². The van der Waals surface area contributed by atoms with Crippen molar-refractivity contribution in [1.29, 1.82) is 0 Å². The quantitative estimate of drug-likeness (QED) is 0.477. The van der Waals surface area contributed by atoms with E-state index in [1.54, 1.807) is 12.1 Å². The minimum atomic E-state index is -0.0832. The van der Waals surface area contributed by atoms with E-state index in [4.69, 9.17) is 10.2 Å². The second kappa shape index (κ2) is 7.46. The van der Waals surface area contributed by atoms with Crippen LogP contribution in [0.5, 0.6) is 0 Å². The summed E-state index contributed by atoms with van der Waals surface area (Å²) in [6.07, 6.45) is 3.65. The van der Waals surface area contributed by atoms with Crippen molar-refractivity contribution in [1.82, 2.24) is 4.57 Å². The molecule has 2 heterocycles. The van der Waals surface area contributed by atoms with E-state index >= 15 is 0 Å². The Morgan fingerprint density at radius 1 is 1.26 bits per heavy atom. The summed E-state index contributed by atoms with van der Waals surface area (Å²) in [5.41, 5.74) is 8.33. The predicted molar refractivity (Wildman–Crippen MR) is 84.5 cm³/mol. The van der Waals surface area contributed by atoms with Gasteiger partial charge in [0.15, 0.2) is 5.76 Å². The molecule has 0 saturated heterocycles. The summed E-state index contributed by atoms with van der Waals surface area (Å²) in [5, 5.41) is 0. The van der Waals surface area contributed by atoms with E-state index in [-0.39, 0.29) is 29.3 Å². The van der Waals surface area contributed by atoms with Crippen LogP contribution in [0.15, 0.2) is 47.1 Å². The van der Waals surface area contributed by atoms with Gasteiger partial charge in [-0.25, -0.2) is 9.13 Å². The molecule has 3 aromatic rings. The number of ketones is 1. The number of furan rings is 1. The minimum absolute atomic E-state index is 0. The Hall–Kier alpha value is -2.08. The lowest BCUT2D eigenvalue weighted by Crippen LogP contribution is -3.00. The van der Waals surface area contributed by atoms with E-state index < -0.39 is 0 Å². The number of hydrogen-bond donors (Lipinski definition) is 1. The number of rotatable bonds is 6. The van der Waals surface area contributed by atoms with Crippen molar-refractivity contribution >= 4 is 22.8 Å². The maximum atomic E-state index is 12.3. The van der Waals surface area contributed by atoms with Gasteiger partial charge < -0.3 is 21.4 Å². The van der Waals surface area contributed by atoms with E-state index in [1.165, 1.54) is 6.26 Å². The molecule has 0 aliphatic heterocycles. The zero-order chi connectivity index (χ0) is 15.5. The molecule has 0 fully saturated rings. The third-order valence-electron chi connectivity index (χ3n) is 3.85. The topological polar surface area (TPSA) is 65.0 Å². The molecule has 0 aliphatic carbocycles. The van der Waals surface area contributed by atoms with Crippen LogP contribution in [0.25, 0.3) is 11.0 Å². The molecule has 0 bridgehead atoms. The third-order valence-corrected chi connectivity index (χ3v) is 3.85. The number of nitrogens with zero attached hydrogens (tertiary/aromatic N) is 2. The summed E-state index contributed by atoms with van der Waals surface area (Å²) in [5.74, 6) is 0.881. The molecule has 2 N–H and O–H groups in total. The fourth-order valence-corrected chi connectivity index (χ4v) is 2.69. The van der Waals surface area contributed by atoms with Crippen LogP contribution in [0.2, 0.25) is 0 Å². The maximum Gasteiger partial charge on any atom is 0.356 e. The number of para-hydroxylation sites is 2. The van der Waals surface area contributed by atoms with Crippen molar-refractivity contribution in [3.05, 3.63) is 48.4 Å². The summed E-state index contributed by atoms with van der Waals surface area (Å²) in [6, 6.07) is 11.4. The van der Waals surface area contributed by atoms with Gasteiger partial charge in [0.2, 0.25) is 5.78 Å². The molecule has 0 unspecified atom stereocenters. The Morgan fingerprint density at radius 3 is 2.74 bits per heavy atom. The fraction of sp³-hybridized carbons (Fsp3) is 0.294. The van der Waals surface area contributed by atoms with Gasteiger partial charge in [0.05, 0.1) is 12.8 Å². The molecule has 0 aliphatic rings. The number of fused-ring (bicyclic) bond motifs is 1. The van der Waals surface area contributed by atoms with E-state index in [0.29, 0.717) is 11.7 Å². The molecule has 0 spiro atoms. The normalized spacial score (nSPS) is 10.7. The van der Waals surface area contributed by atoms with Gasteiger partial charge in [-0.05, 0) is 30.7 Å². The number of hydrogen-bond acceptors (Lipinski definition) is 3. The number of anilines is 1. The first-order chi connectivity index (χ1) is 10.7. The number of nitrogens with two attached hydrogens (primary N) is 1. The fourth-order valence-electron chi connectivity index (χ4n) is 2.69. The van der Waals surface area contributed by atoms with Gasteiger partial charge in [-0.3, -0.25) is 10.5 Å². The van der Waals surface area contributed by atoms with Crippen LogP contribution in [0, 0.1) is 0 Å². The smallest absolute Gasteiger partial charge is 0.356 e. The Balaban J connectivity index is 0.00000192. The van der Waals surface area contributed by atoms with Crippen molar-refractivity contribution in [2.24, 2.45) is 0 Å². The van der Waals surface area contributed by atoms with Crippen molar-refractivity contribution in [3.63, 3.8) is 0 Å². The first-order valence-corrected chi connectivity index (χ1v) is 7.55. The number of halogens is 1. The second-order valence-electron chi connectivity index (χ2n) is 5.34. The standard InChI is InChI=1S/C17H19N3O2.BrH/c1-2-3-10-19-13-7-4-5-8-14(13)20(17(19)18)12-15(21)16-9-6-11-22-16;/h4-9,11,18H,2-3,10,12H2,1H3;1H. The van der Waals surface area contributed by atoms with Crippen molar-refractivity contribution < 1.29 is 30.8 Å². The molecule has 0 amide bonds. The van der Waals surface area contributed by atoms with Gasteiger partial charge in [0.1, 0.15) is 17.6 Å². The number of Topliss-reactive ketones (excluding diaryl/α,β-unsaturated/α-hetero) is 1. The first kappa shape index (κ1) is 17.3. The van der Waals surface area contributed by atoms with Gasteiger partial charge in [-0.2, -0.15) is 0 Å². The highest BCUT2D eigenvalue weighted by Crippen LogP contribution is 2.17. The van der Waals surface area contributed by atoms with E-state index in [1.807, 2.05) is 28.8 Å². The van der Waals surface area contributed by atoms with Gasteiger partial charge in [-0.1, -0.05) is 25.5 Å². The van der Waals surface area contributed by atoms with Crippen LogP contribution >= 0.6 is 0 Å². The Morgan fingerprint density at radius 2 is 2.04 bits per heavy atom. The molecule has 3 rings (SSSR count). The van der Waals surface area contributed by atoms with Crippen LogP contribution in [0.4, 0.5) is 5.95 Å². The third kappa shape index (κ3) is 3.32. The molecule has 0 atom stereocenters.